The smallest absolute Gasteiger partial charge is 0.269 e. The second-order valence-corrected chi connectivity index (χ2v) is 8.74. The Morgan fingerprint density at radius 1 is 1.00 bits per heavy atom. The molecule has 0 saturated heterocycles. The summed E-state index contributed by atoms with van der Waals surface area (Å²) in [5, 5.41) is 18.4. The van der Waals surface area contributed by atoms with Crippen LogP contribution in [0.4, 0.5) is 11.4 Å². The van der Waals surface area contributed by atoms with E-state index in [0.29, 0.717) is 32.0 Å². The van der Waals surface area contributed by atoms with Crippen LogP contribution in [0.5, 0.6) is 11.5 Å². The summed E-state index contributed by atoms with van der Waals surface area (Å²) in [6.45, 7) is 0.187. The number of thiazole rings is 1. The molecule has 2 heterocycles. The average Bonchev–Trinajstić information content (AvgIpc) is 3.46. The Morgan fingerprint density at radius 2 is 1.79 bits per heavy atom. The fourth-order valence-corrected chi connectivity index (χ4v) is 4.37. The van der Waals surface area contributed by atoms with Gasteiger partial charge in [0.15, 0.2) is 11.5 Å². The second kappa shape index (κ2) is 9.30. The largest absolute Gasteiger partial charge is 0.454 e. The van der Waals surface area contributed by atoms with Gasteiger partial charge in [0.25, 0.3) is 5.69 Å². The van der Waals surface area contributed by atoms with Crippen LogP contribution in [0.2, 0.25) is 10.0 Å². The van der Waals surface area contributed by atoms with E-state index in [1.165, 1.54) is 23.5 Å². The molecule has 0 unspecified atom stereocenters. The molecule has 34 heavy (non-hydrogen) atoms. The van der Waals surface area contributed by atoms with Crippen molar-refractivity contribution < 1.29 is 14.4 Å². The van der Waals surface area contributed by atoms with Gasteiger partial charge in [-0.2, -0.15) is 5.10 Å². The first-order valence-electron chi connectivity index (χ1n) is 9.87. The third-order valence-corrected chi connectivity index (χ3v) is 6.46. The number of non-ortho nitro benzene ring substituents is 1. The van der Waals surface area contributed by atoms with Gasteiger partial charge in [0, 0.05) is 23.1 Å². The normalized spacial score (nSPS) is 13.1. The number of fused-ring (bicyclic) bond motifs is 1. The quantitative estimate of drug-likeness (QED) is 0.179. The summed E-state index contributed by atoms with van der Waals surface area (Å²) in [6, 6.07) is 16.9. The molecule has 4 aromatic rings. The van der Waals surface area contributed by atoms with Gasteiger partial charge in [-0.25, -0.2) is 9.67 Å². The fourth-order valence-electron chi connectivity index (χ4n) is 3.22. The number of aromatic nitrogens is 1. The average molecular weight is 513 g/mol. The Balaban J connectivity index is 1.60. The molecule has 0 bridgehead atoms. The lowest BCUT2D eigenvalue weighted by Crippen LogP contribution is -2.11. The minimum atomic E-state index is -0.436. The SMILES string of the molecule is O=[N+]([O-])c1ccc(-c2csc(=Nc3ccc(Cl)c(Cl)c3)n2N=Cc2ccc3c(c2)OCO3)cc1. The summed E-state index contributed by atoms with van der Waals surface area (Å²) < 4.78 is 12.5. The number of rotatable bonds is 5. The van der Waals surface area contributed by atoms with Gasteiger partial charge in [-0.05, 0) is 54.1 Å². The standard InChI is InChI=1S/C23H14Cl2N4O4S/c24-18-7-4-16(10-19(18)25)27-23-28(26-11-14-1-8-21-22(9-14)33-13-32-21)20(12-34-23)15-2-5-17(6-3-15)29(30)31/h1-12H,13H2. The monoisotopic (exact) mass is 512 g/mol. The molecule has 0 fully saturated rings. The molecule has 0 atom stereocenters. The fraction of sp³-hybridized carbons (Fsp3) is 0.0435. The van der Waals surface area contributed by atoms with E-state index >= 15 is 0 Å². The lowest BCUT2D eigenvalue weighted by atomic mass is 10.1. The highest BCUT2D eigenvalue weighted by Gasteiger charge is 2.14. The molecular formula is C23H14Cl2N4O4S. The maximum atomic E-state index is 11.0. The molecule has 0 N–H and O–H groups in total. The van der Waals surface area contributed by atoms with Crippen LogP contribution in [0.15, 0.2) is 76.1 Å². The third-order valence-electron chi connectivity index (χ3n) is 4.91. The van der Waals surface area contributed by atoms with E-state index in [2.05, 4.69) is 10.1 Å². The number of halogens is 2. The molecule has 5 rings (SSSR count). The van der Waals surface area contributed by atoms with Crippen molar-refractivity contribution in [3.05, 3.63) is 96.6 Å². The number of hydrogen-bond acceptors (Lipinski definition) is 7. The van der Waals surface area contributed by atoms with Crippen LogP contribution >= 0.6 is 34.5 Å². The Labute approximate surface area is 207 Å². The van der Waals surface area contributed by atoms with Crippen molar-refractivity contribution in [2.45, 2.75) is 0 Å². The van der Waals surface area contributed by atoms with Gasteiger partial charge < -0.3 is 9.47 Å². The zero-order valence-corrected chi connectivity index (χ0v) is 19.5. The maximum absolute atomic E-state index is 11.0. The number of nitrogens with zero attached hydrogens (tertiary/aromatic N) is 4. The third kappa shape index (κ3) is 4.54. The first-order chi connectivity index (χ1) is 16.5. The van der Waals surface area contributed by atoms with Gasteiger partial charge in [0.1, 0.15) is 0 Å². The van der Waals surface area contributed by atoms with Gasteiger partial charge >= 0.3 is 0 Å². The van der Waals surface area contributed by atoms with E-state index < -0.39 is 4.92 Å². The Morgan fingerprint density at radius 3 is 2.56 bits per heavy atom. The Kier molecular flexibility index (Phi) is 6.06. The molecule has 1 aromatic heterocycles. The zero-order valence-electron chi connectivity index (χ0n) is 17.2. The Hall–Kier alpha value is -3.66. The highest BCUT2D eigenvalue weighted by molar-refractivity contribution is 7.07. The van der Waals surface area contributed by atoms with Gasteiger partial charge in [-0.1, -0.05) is 23.2 Å². The number of nitro benzene ring substituents is 1. The molecule has 0 saturated carbocycles. The molecule has 170 valence electrons. The van der Waals surface area contributed by atoms with Crippen molar-refractivity contribution in [1.82, 2.24) is 4.68 Å². The van der Waals surface area contributed by atoms with Gasteiger partial charge in [0.05, 0.1) is 32.6 Å². The minimum Gasteiger partial charge on any atom is -0.454 e. The highest BCUT2D eigenvalue weighted by atomic mass is 35.5. The van der Waals surface area contributed by atoms with E-state index in [9.17, 15) is 10.1 Å². The van der Waals surface area contributed by atoms with Crippen molar-refractivity contribution in [3.63, 3.8) is 0 Å². The summed E-state index contributed by atoms with van der Waals surface area (Å²) in [5.74, 6) is 1.33. The first kappa shape index (κ1) is 22.1. The summed E-state index contributed by atoms with van der Waals surface area (Å²) in [7, 11) is 0. The Bertz CT molecular complexity index is 1500. The first-order valence-corrected chi connectivity index (χ1v) is 11.5. The summed E-state index contributed by atoms with van der Waals surface area (Å²) in [4.78, 5) is 15.9. The molecule has 3 aromatic carbocycles. The number of benzene rings is 3. The van der Waals surface area contributed by atoms with Crippen LogP contribution in [0.3, 0.4) is 0 Å². The topological polar surface area (TPSA) is 91.2 Å². The molecule has 0 radical (unpaired) electrons. The van der Waals surface area contributed by atoms with E-state index in [0.717, 1.165) is 16.8 Å². The predicted octanol–water partition coefficient (Wildman–Crippen LogP) is 6.27. The molecule has 1 aliphatic heterocycles. The lowest BCUT2D eigenvalue weighted by molar-refractivity contribution is -0.384. The molecular weight excluding hydrogens is 499 g/mol. The number of ether oxygens (including phenoxy) is 2. The van der Waals surface area contributed by atoms with Crippen LogP contribution in [0.1, 0.15) is 5.56 Å². The predicted molar refractivity (Wildman–Crippen MR) is 132 cm³/mol. The number of nitro groups is 1. The van der Waals surface area contributed by atoms with E-state index in [1.807, 2.05) is 23.6 Å². The van der Waals surface area contributed by atoms with Crippen LogP contribution in [-0.2, 0) is 0 Å². The van der Waals surface area contributed by atoms with E-state index in [4.69, 9.17) is 32.7 Å². The van der Waals surface area contributed by atoms with Crippen LogP contribution in [0, 0.1) is 10.1 Å². The van der Waals surface area contributed by atoms with Crippen molar-refractivity contribution >= 4 is 52.1 Å². The molecule has 0 spiro atoms. The van der Waals surface area contributed by atoms with E-state index in [1.54, 1.807) is 41.2 Å². The van der Waals surface area contributed by atoms with Crippen LogP contribution in [-0.4, -0.2) is 22.6 Å². The molecule has 1 aliphatic rings. The minimum absolute atomic E-state index is 0.00936. The molecule has 0 amide bonds. The number of hydrogen-bond donors (Lipinski definition) is 0. The van der Waals surface area contributed by atoms with Gasteiger partial charge in [0.2, 0.25) is 11.6 Å². The van der Waals surface area contributed by atoms with Crippen molar-refractivity contribution in [2.75, 3.05) is 6.79 Å². The molecule has 8 nitrogen and oxygen atoms in total. The summed E-state index contributed by atoms with van der Waals surface area (Å²) >= 11 is 13.5. The lowest BCUT2D eigenvalue weighted by Gasteiger charge is -2.04. The van der Waals surface area contributed by atoms with Crippen molar-refractivity contribution in [2.24, 2.45) is 10.1 Å². The molecule has 0 aliphatic carbocycles. The zero-order chi connectivity index (χ0) is 23.7. The van der Waals surface area contributed by atoms with E-state index in [-0.39, 0.29) is 12.5 Å². The summed E-state index contributed by atoms with van der Waals surface area (Å²) in [5.41, 5.74) is 2.89. The van der Waals surface area contributed by atoms with Crippen LogP contribution in [0.25, 0.3) is 11.3 Å². The maximum Gasteiger partial charge on any atom is 0.269 e. The highest BCUT2D eigenvalue weighted by Crippen LogP contribution is 2.32. The van der Waals surface area contributed by atoms with Crippen LogP contribution < -0.4 is 14.3 Å². The molecule has 11 heteroatoms. The van der Waals surface area contributed by atoms with Crippen molar-refractivity contribution in [3.8, 4) is 22.8 Å². The van der Waals surface area contributed by atoms with Gasteiger partial charge in [-0.3, -0.25) is 10.1 Å². The second-order valence-electron chi connectivity index (χ2n) is 7.09. The van der Waals surface area contributed by atoms with Crippen molar-refractivity contribution in [1.29, 1.82) is 0 Å². The van der Waals surface area contributed by atoms with Gasteiger partial charge in [-0.15, -0.1) is 11.3 Å². The summed E-state index contributed by atoms with van der Waals surface area (Å²) in [6.07, 6.45) is 1.68.